The third-order valence-electron chi connectivity index (χ3n) is 3.93. The van der Waals surface area contributed by atoms with E-state index in [9.17, 15) is 4.79 Å². The Labute approximate surface area is 130 Å². The highest BCUT2D eigenvalue weighted by molar-refractivity contribution is 6.09. The van der Waals surface area contributed by atoms with Gasteiger partial charge in [0.05, 0.1) is 18.3 Å². The fourth-order valence-electron chi connectivity index (χ4n) is 2.86. The zero-order chi connectivity index (χ0) is 15.4. The molecule has 0 saturated carbocycles. The number of fused-ring (bicyclic) bond motifs is 1. The van der Waals surface area contributed by atoms with Gasteiger partial charge in [0.25, 0.3) is 5.91 Å². The van der Waals surface area contributed by atoms with Crippen LogP contribution in [-0.4, -0.2) is 31.8 Å². The van der Waals surface area contributed by atoms with Gasteiger partial charge in [-0.2, -0.15) is 0 Å². The smallest absolute Gasteiger partial charge is 0.255 e. The normalized spacial score (nSPS) is 17.6. The van der Waals surface area contributed by atoms with E-state index in [1.807, 2.05) is 43.3 Å². The Hall–Kier alpha value is -2.07. The summed E-state index contributed by atoms with van der Waals surface area (Å²) in [7, 11) is 0. The number of nitrogens with one attached hydrogen (secondary N) is 1. The molecule has 1 unspecified atom stereocenters. The average molecular weight is 299 g/mol. The van der Waals surface area contributed by atoms with Crippen LogP contribution < -0.4 is 10.1 Å². The van der Waals surface area contributed by atoms with Gasteiger partial charge in [-0.25, -0.2) is 0 Å². The number of amides is 1. The molecule has 1 aliphatic rings. The Morgan fingerprint density at radius 3 is 2.95 bits per heavy atom. The molecule has 1 amide bonds. The lowest BCUT2D eigenvalue weighted by Crippen LogP contribution is -2.32. The van der Waals surface area contributed by atoms with Crippen molar-refractivity contribution in [2.24, 2.45) is 0 Å². The van der Waals surface area contributed by atoms with Crippen molar-refractivity contribution in [3.05, 3.63) is 42.0 Å². The second kappa shape index (κ2) is 6.79. The van der Waals surface area contributed by atoms with Crippen molar-refractivity contribution < 1.29 is 14.3 Å². The van der Waals surface area contributed by atoms with Crippen LogP contribution in [0.5, 0.6) is 5.75 Å². The molecule has 1 atom stereocenters. The minimum atomic E-state index is -0.101. The number of rotatable bonds is 5. The van der Waals surface area contributed by atoms with Crippen LogP contribution in [0.25, 0.3) is 10.8 Å². The highest BCUT2D eigenvalue weighted by atomic mass is 16.5. The van der Waals surface area contributed by atoms with E-state index in [2.05, 4.69) is 5.32 Å². The van der Waals surface area contributed by atoms with Crippen molar-refractivity contribution in [2.45, 2.75) is 25.9 Å². The van der Waals surface area contributed by atoms with Crippen LogP contribution in [0.1, 0.15) is 30.1 Å². The molecule has 1 N–H and O–H groups in total. The lowest BCUT2D eigenvalue weighted by Gasteiger charge is -2.15. The standard InChI is InChI=1S/C18H21NO3/c1-2-21-16-10-9-13-6-3-4-8-15(13)17(16)18(20)19-12-14-7-5-11-22-14/h3-4,6,8-10,14H,2,5,7,11-12H2,1H3,(H,19,20). The van der Waals surface area contributed by atoms with E-state index in [-0.39, 0.29) is 12.0 Å². The van der Waals surface area contributed by atoms with E-state index >= 15 is 0 Å². The fraction of sp³-hybridized carbons (Fsp3) is 0.389. The first kappa shape index (κ1) is 14.9. The van der Waals surface area contributed by atoms with Crippen molar-refractivity contribution in [3.63, 3.8) is 0 Å². The Bertz CT molecular complexity index is 662. The predicted molar refractivity (Wildman–Crippen MR) is 86.4 cm³/mol. The van der Waals surface area contributed by atoms with E-state index < -0.39 is 0 Å². The molecule has 1 fully saturated rings. The third-order valence-corrected chi connectivity index (χ3v) is 3.93. The van der Waals surface area contributed by atoms with Gasteiger partial charge in [0.1, 0.15) is 5.75 Å². The van der Waals surface area contributed by atoms with Gasteiger partial charge >= 0.3 is 0 Å². The van der Waals surface area contributed by atoms with E-state index in [1.165, 1.54) is 0 Å². The lowest BCUT2D eigenvalue weighted by atomic mass is 10.0. The molecule has 116 valence electrons. The molecule has 4 nitrogen and oxygen atoms in total. The molecule has 2 aromatic rings. The maximum Gasteiger partial charge on any atom is 0.255 e. The zero-order valence-corrected chi connectivity index (χ0v) is 12.8. The van der Waals surface area contributed by atoms with Gasteiger partial charge in [-0.3, -0.25) is 4.79 Å². The summed E-state index contributed by atoms with van der Waals surface area (Å²) in [5.41, 5.74) is 0.609. The number of benzene rings is 2. The predicted octanol–water partition coefficient (Wildman–Crippen LogP) is 3.15. The molecule has 0 spiro atoms. The summed E-state index contributed by atoms with van der Waals surface area (Å²) in [6.45, 7) is 3.79. The summed E-state index contributed by atoms with van der Waals surface area (Å²) >= 11 is 0. The number of carbonyl (C=O) groups is 1. The van der Waals surface area contributed by atoms with Crippen LogP contribution >= 0.6 is 0 Å². The van der Waals surface area contributed by atoms with Gasteiger partial charge in [-0.05, 0) is 36.6 Å². The Morgan fingerprint density at radius 1 is 1.32 bits per heavy atom. The van der Waals surface area contributed by atoms with Crippen molar-refractivity contribution in [3.8, 4) is 5.75 Å². The molecular weight excluding hydrogens is 278 g/mol. The van der Waals surface area contributed by atoms with Crippen molar-refractivity contribution in [1.82, 2.24) is 5.32 Å². The SMILES string of the molecule is CCOc1ccc2ccccc2c1C(=O)NCC1CCCO1. The van der Waals surface area contributed by atoms with Gasteiger partial charge < -0.3 is 14.8 Å². The molecular formula is C18H21NO3. The van der Waals surface area contributed by atoms with E-state index in [0.29, 0.717) is 24.5 Å². The quantitative estimate of drug-likeness (QED) is 0.922. The molecule has 0 aromatic heterocycles. The van der Waals surface area contributed by atoms with Crippen LogP contribution in [-0.2, 0) is 4.74 Å². The van der Waals surface area contributed by atoms with Gasteiger partial charge in [0.15, 0.2) is 0 Å². The molecule has 1 aliphatic heterocycles. The van der Waals surface area contributed by atoms with Crippen molar-refractivity contribution in [2.75, 3.05) is 19.8 Å². The van der Waals surface area contributed by atoms with Crippen molar-refractivity contribution in [1.29, 1.82) is 0 Å². The molecule has 0 radical (unpaired) electrons. The summed E-state index contributed by atoms with van der Waals surface area (Å²) in [6, 6.07) is 11.7. The summed E-state index contributed by atoms with van der Waals surface area (Å²) in [5.74, 6) is 0.529. The first-order valence-electron chi connectivity index (χ1n) is 7.84. The molecule has 22 heavy (non-hydrogen) atoms. The number of ether oxygens (including phenoxy) is 2. The second-order valence-corrected chi connectivity index (χ2v) is 5.44. The monoisotopic (exact) mass is 299 g/mol. The molecule has 3 rings (SSSR count). The maximum atomic E-state index is 12.7. The molecule has 4 heteroatoms. The van der Waals surface area contributed by atoms with Gasteiger partial charge in [-0.1, -0.05) is 30.3 Å². The van der Waals surface area contributed by atoms with Gasteiger partial charge in [0, 0.05) is 13.2 Å². The molecule has 2 aromatic carbocycles. The Morgan fingerprint density at radius 2 is 2.18 bits per heavy atom. The highest BCUT2D eigenvalue weighted by Crippen LogP contribution is 2.28. The van der Waals surface area contributed by atoms with Crippen LogP contribution in [0.3, 0.4) is 0 Å². The van der Waals surface area contributed by atoms with Crippen LogP contribution in [0.4, 0.5) is 0 Å². The minimum absolute atomic E-state index is 0.101. The fourth-order valence-corrected chi connectivity index (χ4v) is 2.86. The van der Waals surface area contributed by atoms with E-state index in [0.717, 1.165) is 30.2 Å². The van der Waals surface area contributed by atoms with E-state index in [1.54, 1.807) is 0 Å². The Balaban J connectivity index is 1.88. The maximum absolute atomic E-state index is 12.7. The molecule has 0 bridgehead atoms. The number of carbonyl (C=O) groups excluding carboxylic acids is 1. The molecule has 1 heterocycles. The summed E-state index contributed by atoms with van der Waals surface area (Å²) in [5, 5.41) is 4.94. The highest BCUT2D eigenvalue weighted by Gasteiger charge is 2.20. The zero-order valence-electron chi connectivity index (χ0n) is 12.8. The summed E-state index contributed by atoms with van der Waals surface area (Å²) < 4.78 is 11.2. The van der Waals surface area contributed by atoms with E-state index in [4.69, 9.17) is 9.47 Å². The topological polar surface area (TPSA) is 47.6 Å². The lowest BCUT2D eigenvalue weighted by molar-refractivity contribution is 0.0856. The number of hydrogen-bond acceptors (Lipinski definition) is 3. The third kappa shape index (κ3) is 3.07. The van der Waals surface area contributed by atoms with Crippen LogP contribution in [0, 0.1) is 0 Å². The summed E-state index contributed by atoms with van der Waals surface area (Å²) in [6.07, 6.45) is 2.21. The van der Waals surface area contributed by atoms with Crippen LogP contribution in [0.2, 0.25) is 0 Å². The van der Waals surface area contributed by atoms with Gasteiger partial charge in [0.2, 0.25) is 0 Å². The summed E-state index contributed by atoms with van der Waals surface area (Å²) in [4.78, 5) is 12.7. The van der Waals surface area contributed by atoms with Crippen molar-refractivity contribution >= 4 is 16.7 Å². The first-order chi connectivity index (χ1) is 10.8. The van der Waals surface area contributed by atoms with Crippen LogP contribution in [0.15, 0.2) is 36.4 Å². The molecule has 1 saturated heterocycles. The van der Waals surface area contributed by atoms with Gasteiger partial charge in [-0.15, -0.1) is 0 Å². The first-order valence-corrected chi connectivity index (χ1v) is 7.84. The number of hydrogen-bond donors (Lipinski definition) is 1. The average Bonchev–Trinajstić information content (AvgIpc) is 3.06. The Kier molecular flexibility index (Phi) is 4.59. The minimum Gasteiger partial charge on any atom is -0.493 e. The second-order valence-electron chi connectivity index (χ2n) is 5.44. The largest absolute Gasteiger partial charge is 0.493 e. The molecule has 0 aliphatic carbocycles.